The van der Waals surface area contributed by atoms with Gasteiger partial charge in [0.2, 0.25) is 0 Å². The molecule has 0 aliphatic rings. The molecule has 3 aromatic carbocycles. The number of amides is 1. The maximum Gasteiger partial charge on any atom is 0.256 e. The van der Waals surface area contributed by atoms with Crippen molar-refractivity contribution in [2.24, 2.45) is 0 Å². The van der Waals surface area contributed by atoms with Crippen LogP contribution in [0, 0.1) is 20.8 Å². The summed E-state index contributed by atoms with van der Waals surface area (Å²) in [7, 11) is 0. The Hall–Kier alpha value is -3.28. The molecule has 1 N–H and O–H groups in total. The highest BCUT2D eigenvalue weighted by atomic mass is 35.5. The zero-order valence-electron chi connectivity index (χ0n) is 19.2. The Morgan fingerprint density at radius 3 is 2.32 bits per heavy atom. The standard InChI is InChI=1S/C27H25Cl2N3O2/c1-17-12-23(13-18(2)26(17)29)34-16-20-8-10-21(11-9-20)27(33)30-25-14-19(3)32(31-25)15-22-6-4-5-7-24(22)28/h4-14H,15-16H2,1-3H3,(H,30,31,33). The van der Waals surface area contributed by atoms with E-state index in [0.29, 0.717) is 29.6 Å². The van der Waals surface area contributed by atoms with Crippen LogP contribution in [0.2, 0.25) is 10.0 Å². The van der Waals surface area contributed by atoms with Crippen molar-refractivity contribution in [3.05, 3.63) is 110 Å². The van der Waals surface area contributed by atoms with Crippen molar-refractivity contribution < 1.29 is 9.53 Å². The molecule has 0 saturated carbocycles. The second-order valence-corrected chi connectivity index (χ2v) is 9.02. The summed E-state index contributed by atoms with van der Waals surface area (Å²) < 4.78 is 7.71. The molecule has 0 unspecified atom stereocenters. The summed E-state index contributed by atoms with van der Waals surface area (Å²) >= 11 is 12.5. The fourth-order valence-corrected chi connectivity index (χ4v) is 3.92. The zero-order chi connectivity index (χ0) is 24.2. The van der Waals surface area contributed by atoms with Crippen molar-refractivity contribution >= 4 is 34.9 Å². The molecule has 0 aliphatic heterocycles. The normalized spacial score (nSPS) is 10.9. The molecule has 0 fully saturated rings. The first kappa shape index (κ1) is 23.9. The second-order valence-electron chi connectivity index (χ2n) is 8.23. The summed E-state index contributed by atoms with van der Waals surface area (Å²) in [6, 6.07) is 20.6. The summed E-state index contributed by atoms with van der Waals surface area (Å²) in [5.41, 5.74) is 5.36. The van der Waals surface area contributed by atoms with Gasteiger partial charge in [-0.25, -0.2) is 0 Å². The van der Waals surface area contributed by atoms with Crippen LogP contribution in [0.3, 0.4) is 0 Å². The third-order valence-corrected chi connectivity index (χ3v) is 6.50. The van der Waals surface area contributed by atoms with Crippen LogP contribution in [0.25, 0.3) is 0 Å². The molecule has 34 heavy (non-hydrogen) atoms. The molecule has 174 valence electrons. The number of nitrogens with one attached hydrogen (secondary N) is 1. The lowest BCUT2D eigenvalue weighted by atomic mass is 10.1. The minimum absolute atomic E-state index is 0.223. The van der Waals surface area contributed by atoms with Gasteiger partial charge in [0.1, 0.15) is 12.4 Å². The third kappa shape index (κ3) is 5.61. The summed E-state index contributed by atoms with van der Waals surface area (Å²) in [6.45, 7) is 6.78. The molecule has 0 bridgehead atoms. The van der Waals surface area contributed by atoms with E-state index in [9.17, 15) is 4.79 Å². The highest BCUT2D eigenvalue weighted by molar-refractivity contribution is 6.32. The first-order chi connectivity index (χ1) is 16.3. The molecule has 5 nitrogen and oxygen atoms in total. The van der Waals surface area contributed by atoms with Gasteiger partial charge in [0.25, 0.3) is 5.91 Å². The number of aromatic nitrogens is 2. The lowest BCUT2D eigenvalue weighted by molar-refractivity contribution is 0.102. The first-order valence-corrected chi connectivity index (χ1v) is 11.6. The monoisotopic (exact) mass is 493 g/mol. The molecule has 7 heteroatoms. The van der Waals surface area contributed by atoms with Gasteiger partial charge in [0.15, 0.2) is 5.82 Å². The van der Waals surface area contributed by atoms with E-state index in [2.05, 4.69) is 10.4 Å². The molecule has 0 saturated heterocycles. The van der Waals surface area contributed by atoms with Gasteiger partial charge < -0.3 is 10.1 Å². The Balaban J connectivity index is 1.37. The minimum Gasteiger partial charge on any atom is -0.489 e. The molecule has 0 aliphatic carbocycles. The molecule has 4 rings (SSSR count). The van der Waals surface area contributed by atoms with E-state index in [0.717, 1.165) is 38.7 Å². The summed E-state index contributed by atoms with van der Waals surface area (Å²) in [6.07, 6.45) is 0. The summed E-state index contributed by atoms with van der Waals surface area (Å²) in [4.78, 5) is 12.7. The lowest BCUT2D eigenvalue weighted by Crippen LogP contribution is -2.13. The SMILES string of the molecule is Cc1cc(OCc2ccc(C(=O)Nc3cc(C)n(Cc4ccccc4Cl)n3)cc2)cc(C)c1Cl. The number of carbonyl (C=O) groups is 1. The average molecular weight is 494 g/mol. The van der Waals surface area contributed by atoms with Crippen LogP contribution in [0.15, 0.2) is 66.7 Å². The highest BCUT2D eigenvalue weighted by Crippen LogP contribution is 2.26. The van der Waals surface area contributed by atoms with Gasteiger partial charge in [-0.05, 0) is 73.4 Å². The van der Waals surface area contributed by atoms with Gasteiger partial charge in [-0.2, -0.15) is 5.10 Å². The van der Waals surface area contributed by atoms with Crippen molar-refractivity contribution in [1.82, 2.24) is 9.78 Å². The molecule has 0 radical (unpaired) electrons. The van der Waals surface area contributed by atoms with Gasteiger partial charge in [-0.1, -0.05) is 53.5 Å². The summed E-state index contributed by atoms with van der Waals surface area (Å²) in [5.74, 6) is 1.04. The number of ether oxygens (including phenoxy) is 1. The van der Waals surface area contributed by atoms with E-state index in [1.807, 2.05) is 80.1 Å². The second kappa shape index (κ2) is 10.3. The molecule has 4 aromatic rings. The van der Waals surface area contributed by atoms with Crippen LogP contribution >= 0.6 is 23.2 Å². The largest absolute Gasteiger partial charge is 0.489 e. The maximum absolute atomic E-state index is 12.7. The Morgan fingerprint density at radius 2 is 1.65 bits per heavy atom. The quantitative estimate of drug-likeness (QED) is 0.301. The number of anilines is 1. The van der Waals surface area contributed by atoms with E-state index in [1.165, 1.54) is 0 Å². The van der Waals surface area contributed by atoms with Gasteiger partial charge >= 0.3 is 0 Å². The fourth-order valence-electron chi connectivity index (χ4n) is 3.62. The highest BCUT2D eigenvalue weighted by Gasteiger charge is 2.12. The van der Waals surface area contributed by atoms with Gasteiger partial charge in [0.05, 0.1) is 6.54 Å². The number of nitrogens with zero attached hydrogens (tertiary/aromatic N) is 2. The third-order valence-electron chi connectivity index (χ3n) is 5.53. The molecular formula is C27H25Cl2N3O2. The summed E-state index contributed by atoms with van der Waals surface area (Å²) in [5, 5.41) is 8.82. The van der Waals surface area contributed by atoms with Crippen molar-refractivity contribution in [3.63, 3.8) is 0 Å². The molecule has 1 amide bonds. The van der Waals surface area contributed by atoms with Crippen LogP contribution in [0.5, 0.6) is 5.75 Å². The smallest absolute Gasteiger partial charge is 0.256 e. The predicted octanol–water partition coefficient (Wildman–Crippen LogP) is 6.99. The number of halogens is 2. The van der Waals surface area contributed by atoms with Crippen LogP contribution in [-0.2, 0) is 13.2 Å². The number of aryl methyl sites for hydroxylation is 3. The van der Waals surface area contributed by atoms with E-state index in [1.54, 1.807) is 12.1 Å². The average Bonchev–Trinajstić information content (AvgIpc) is 3.16. The first-order valence-electron chi connectivity index (χ1n) is 10.9. The van der Waals surface area contributed by atoms with Gasteiger partial charge in [-0.15, -0.1) is 0 Å². The Labute approximate surface area is 209 Å². The fraction of sp³-hybridized carbons (Fsp3) is 0.185. The number of rotatable bonds is 7. The number of hydrogen-bond acceptors (Lipinski definition) is 3. The Morgan fingerprint density at radius 1 is 0.971 bits per heavy atom. The number of hydrogen-bond donors (Lipinski definition) is 1. The minimum atomic E-state index is -0.223. The van der Waals surface area contributed by atoms with Crippen LogP contribution < -0.4 is 10.1 Å². The van der Waals surface area contributed by atoms with Crippen molar-refractivity contribution in [3.8, 4) is 5.75 Å². The van der Waals surface area contributed by atoms with Crippen LogP contribution in [0.4, 0.5) is 5.82 Å². The molecule has 0 atom stereocenters. The van der Waals surface area contributed by atoms with Crippen molar-refractivity contribution in [2.75, 3.05) is 5.32 Å². The molecule has 1 heterocycles. The van der Waals surface area contributed by atoms with E-state index in [-0.39, 0.29) is 5.91 Å². The topological polar surface area (TPSA) is 56.1 Å². The maximum atomic E-state index is 12.7. The Bertz CT molecular complexity index is 1310. The van der Waals surface area contributed by atoms with Crippen molar-refractivity contribution in [2.45, 2.75) is 33.9 Å². The Kier molecular flexibility index (Phi) is 7.25. The van der Waals surface area contributed by atoms with Crippen molar-refractivity contribution in [1.29, 1.82) is 0 Å². The van der Waals surface area contributed by atoms with E-state index < -0.39 is 0 Å². The van der Waals surface area contributed by atoms with E-state index in [4.69, 9.17) is 27.9 Å². The van der Waals surface area contributed by atoms with Gasteiger partial charge in [0, 0.05) is 27.4 Å². The predicted molar refractivity (Wildman–Crippen MR) is 137 cm³/mol. The molecular weight excluding hydrogens is 469 g/mol. The zero-order valence-corrected chi connectivity index (χ0v) is 20.7. The lowest BCUT2D eigenvalue weighted by Gasteiger charge is -2.10. The molecule has 0 spiro atoms. The number of benzene rings is 3. The number of carbonyl (C=O) groups excluding carboxylic acids is 1. The van der Waals surface area contributed by atoms with E-state index >= 15 is 0 Å². The van der Waals surface area contributed by atoms with Crippen LogP contribution in [0.1, 0.15) is 38.3 Å². The van der Waals surface area contributed by atoms with Gasteiger partial charge in [-0.3, -0.25) is 9.48 Å². The molecule has 1 aromatic heterocycles. The van der Waals surface area contributed by atoms with Crippen LogP contribution in [-0.4, -0.2) is 15.7 Å².